The second kappa shape index (κ2) is 7.21. The van der Waals surface area contributed by atoms with E-state index in [0.29, 0.717) is 6.54 Å². The van der Waals surface area contributed by atoms with Gasteiger partial charge in [0, 0.05) is 9.50 Å². The van der Waals surface area contributed by atoms with Gasteiger partial charge in [-0.1, -0.05) is 51.8 Å². The lowest BCUT2D eigenvalue weighted by molar-refractivity contribution is 0.531. The van der Waals surface area contributed by atoms with E-state index in [1.165, 1.54) is 12.1 Å². The lowest BCUT2D eigenvalue weighted by atomic mass is 9.92. The molecule has 2 aromatic carbocycles. The minimum absolute atomic E-state index is 0.240. The number of benzene rings is 2. The zero-order valence-corrected chi connectivity index (χ0v) is 13.3. The molecule has 106 valence electrons. The molecule has 0 saturated carbocycles. The normalized spacial score (nSPS) is 12.4. The van der Waals surface area contributed by atoms with Crippen LogP contribution in [0, 0.1) is 11.7 Å². The molecule has 0 fully saturated rings. The van der Waals surface area contributed by atoms with Gasteiger partial charge in [-0.2, -0.15) is 0 Å². The van der Waals surface area contributed by atoms with Gasteiger partial charge in [-0.05, 0) is 54.6 Å². The fourth-order valence-corrected chi connectivity index (χ4v) is 2.94. The maximum absolute atomic E-state index is 13.1. The van der Waals surface area contributed by atoms with Gasteiger partial charge in [-0.25, -0.2) is 4.39 Å². The predicted octanol–water partition coefficient (Wildman–Crippen LogP) is 4.60. The van der Waals surface area contributed by atoms with Gasteiger partial charge in [-0.15, -0.1) is 0 Å². The van der Waals surface area contributed by atoms with E-state index in [9.17, 15) is 4.39 Å². The minimum atomic E-state index is -0.240. The van der Waals surface area contributed by atoms with Crippen LogP contribution < -0.4 is 5.73 Å². The van der Waals surface area contributed by atoms with Crippen LogP contribution in [0.25, 0.3) is 0 Å². The first kappa shape index (κ1) is 15.5. The van der Waals surface area contributed by atoms with Crippen LogP contribution in [-0.4, -0.2) is 6.54 Å². The summed E-state index contributed by atoms with van der Waals surface area (Å²) in [7, 11) is 0. The Labute approximate surface area is 132 Å². The molecule has 0 aliphatic rings. The van der Waals surface area contributed by atoms with Crippen LogP contribution in [0.5, 0.6) is 0 Å². The van der Waals surface area contributed by atoms with E-state index in [2.05, 4.69) is 15.9 Å². The van der Waals surface area contributed by atoms with E-state index in [1.54, 1.807) is 6.07 Å². The predicted molar refractivity (Wildman–Crippen MR) is 85.5 cm³/mol. The topological polar surface area (TPSA) is 26.0 Å². The monoisotopic (exact) mass is 355 g/mol. The van der Waals surface area contributed by atoms with E-state index in [4.69, 9.17) is 17.3 Å². The molecule has 0 heterocycles. The molecule has 0 aromatic heterocycles. The molecule has 2 aromatic rings. The molecule has 4 heteroatoms. The second-order valence-electron chi connectivity index (χ2n) is 4.84. The van der Waals surface area contributed by atoms with Crippen LogP contribution in [0.3, 0.4) is 0 Å². The number of halogens is 3. The standard InChI is InChI=1S/C16H16BrClFN/c17-15-9-14(19)6-5-12(15)7-11(10-20)8-13-3-1-2-4-16(13)18/h1-6,9,11H,7-8,10,20H2. The zero-order chi connectivity index (χ0) is 14.5. The van der Waals surface area contributed by atoms with Gasteiger partial charge in [0.25, 0.3) is 0 Å². The number of nitrogens with two attached hydrogens (primary N) is 1. The molecule has 0 radical (unpaired) electrons. The molecule has 2 rings (SSSR count). The van der Waals surface area contributed by atoms with Crippen molar-refractivity contribution in [3.8, 4) is 0 Å². The number of hydrogen-bond donors (Lipinski definition) is 1. The molecule has 20 heavy (non-hydrogen) atoms. The minimum Gasteiger partial charge on any atom is -0.330 e. The van der Waals surface area contributed by atoms with Crippen LogP contribution in [0.4, 0.5) is 4.39 Å². The molecule has 0 spiro atoms. The SMILES string of the molecule is NCC(Cc1ccccc1Cl)Cc1ccc(F)cc1Br. The van der Waals surface area contributed by atoms with Gasteiger partial charge in [0.2, 0.25) is 0 Å². The van der Waals surface area contributed by atoms with Crippen molar-refractivity contribution < 1.29 is 4.39 Å². The van der Waals surface area contributed by atoms with Crippen LogP contribution in [-0.2, 0) is 12.8 Å². The van der Waals surface area contributed by atoms with Crippen molar-refractivity contribution in [3.63, 3.8) is 0 Å². The summed E-state index contributed by atoms with van der Waals surface area (Å²) in [5, 5.41) is 0.768. The summed E-state index contributed by atoms with van der Waals surface area (Å²) in [5.74, 6) is 0.0349. The van der Waals surface area contributed by atoms with Crippen molar-refractivity contribution in [1.82, 2.24) is 0 Å². The average molecular weight is 357 g/mol. The zero-order valence-electron chi connectivity index (χ0n) is 11.0. The summed E-state index contributed by atoms with van der Waals surface area (Å²) < 4.78 is 13.9. The van der Waals surface area contributed by atoms with E-state index in [0.717, 1.165) is 33.5 Å². The van der Waals surface area contributed by atoms with Crippen molar-refractivity contribution in [3.05, 3.63) is 68.9 Å². The molecule has 1 nitrogen and oxygen atoms in total. The van der Waals surface area contributed by atoms with Gasteiger partial charge >= 0.3 is 0 Å². The van der Waals surface area contributed by atoms with Crippen LogP contribution >= 0.6 is 27.5 Å². The van der Waals surface area contributed by atoms with Crippen LogP contribution in [0.2, 0.25) is 5.02 Å². The second-order valence-corrected chi connectivity index (χ2v) is 6.10. The Morgan fingerprint density at radius 3 is 2.45 bits per heavy atom. The lowest BCUT2D eigenvalue weighted by Gasteiger charge is -2.16. The Kier molecular flexibility index (Phi) is 5.58. The molecule has 1 atom stereocenters. The molecule has 2 N–H and O–H groups in total. The van der Waals surface area contributed by atoms with Crippen LogP contribution in [0.1, 0.15) is 11.1 Å². The summed E-state index contributed by atoms with van der Waals surface area (Å²) in [6.07, 6.45) is 1.61. The van der Waals surface area contributed by atoms with Gasteiger partial charge in [0.15, 0.2) is 0 Å². The highest BCUT2D eigenvalue weighted by Crippen LogP contribution is 2.24. The van der Waals surface area contributed by atoms with Gasteiger partial charge in [-0.3, -0.25) is 0 Å². The van der Waals surface area contributed by atoms with Gasteiger partial charge in [0.05, 0.1) is 0 Å². The lowest BCUT2D eigenvalue weighted by Crippen LogP contribution is -2.19. The quantitative estimate of drug-likeness (QED) is 0.832. The summed E-state index contributed by atoms with van der Waals surface area (Å²) in [6, 6.07) is 12.6. The van der Waals surface area contributed by atoms with Crippen molar-refractivity contribution >= 4 is 27.5 Å². The van der Waals surface area contributed by atoms with E-state index < -0.39 is 0 Å². The third-order valence-corrected chi connectivity index (χ3v) is 4.43. The molecular formula is C16H16BrClFN. The summed E-state index contributed by atoms with van der Waals surface area (Å²) in [5.41, 5.74) is 8.03. The van der Waals surface area contributed by atoms with Crippen molar-refractivity contribution in [2.45, 2.75) is 12.8 Å². The summed E-state index contributed by atoms with van der Waals surface area (Å²) in [6.45, 7) is 0.565. The Balaban J connectivity index is 2.11. The van der Waals surface area contributed by atoms with E-state index in [1.807, 2.05) is 24.3 Å². The Bertz CT molecular complexity index is 588. The Morgan fingerprint density at radius 1 is 1.10 bits per heavy atom. The van der Waals surface area contributed by atoms with E-state index >= 15 is 0 Å². The highest BCUT2D eigenvalue weighted by atomic mass is 79.9. The van der Waals surface area contributed by atoms with Crippen molar-refractivity contribution in [1.29, 1.82) is 0 Å². The molecule has 0 bridgehead atoms. The third kappa shape index (κ3) is 4.05. The number of hydrogen-bond acceptors (Lipinski definition) is 1. The Hall–Kier alpha value is -0.900. The fraction of sp³-hybridized carbons (Fsp3) is 0.250. The van der Waals surface area contributed by atoms with E-state index in [-0.39, 0.29) is 11.7 Å². The summed E-state index contributed by atoms with van der Waals surface area (Å²) in [4.78, 5) is 0. The van der Waals surface area contributed by atoms with Gasteiger partial charge < -0.3 is 5.73 Å². The van der Waals surface area contributed by atoms with Crippen LogP contribution in [0.15, 0.2) is 46.9 Å². The largest absolute Gasteiger partial charge is 0.330 e. The van der Waals surface area contributed by atoms with Gasteiger partial charge in [0.1, 0.15) is 5.82 Å². The maximum Gasteiger partial charge on any atom is 0.124 e. The third-order valence-electron chi connectivity index (χ3n) is 3.32. The average Bonchev–Trinajstić information content (AvgIpc) is 2.43. The maximum atomic E-state index is 13.1. The molecule has 0 aliphatic heterocycles. The van der Waals surface area contributed by atoms with Crippen molar-refractivity contribution in [2.24, 2.45) is 11.7 Å². The molecule has 0 saturated heterocycles. The highest BCUT2D eigenvalue weighted by Gasteiger charge is 2.13. The fourth-order valence-electron chi connectivity index (χ4n) is 2.21. The molecule has 0 amide bonds. The molecule has 1 unspecified atom stereocenters. The highest BCUT2D eigenvalue weighted by molar-refractivity contribution is 9.10. The summed E-state index contributed by atoms with van der Waals surface area (Å²) >= 11 is 9.58. The first-order chi connectivity index (χ1) is 9.60. The van der Waals surface area contributed by atoms with Crippen molar-refractivity contribution in [2.75, 3.05) is 6.54 Å². The molecular weight excluding hydrogens is 341 g/mol. The number of rotatable bonds is 5. The Morgan fingerprint density at radius 2 is 1.80 bits per heavy atom. The first-order valence-corrected chi connectivity index (χ1v) is 7.64. The smallest absolute Gasteiger partial charge is 0.124 e. The molecule has 0 aliphatic carbocycles. The first-order valence-electron chi connectivity index (χ1n) is 6.47.